The fourth-order valence-corrected chi connectivity index (χ4v) is 2.39. The molecule has 1 aromatic heterocycles. The van der Waals surface area contributed by atoms with Crippen molar-refractivity contribution in [2.45, 2.75) is 43.8 Å². The van der Waals surface area contributed by atoms with Crippen LogP contribution in [0.1, 0.15) is 25.7 Å². The lowest BCUT2D eigenvalue weighted by atomic mass is 9.94. The van der Waals surface area contributed by atoms with Gasteiger partial charge in [-0.25, -0.2) is 4.98 Å². The lowest BCUT2D eigenvalue weighted by molar-refractivity contribution is 0.116. The van der Waals surface area contributed by atoms with Crippen LogP contribution >= 0.6 is 0 Å². The highest BCUT2D eigenvalue weighted by Crippen LogP contribution is 2.42. The van der Waals surface area contributed by atoms with Crippen molar-refractivity contribution in [2.75, 3.05) is 6.61 Å². The van der Waals surface area contributed by atoms with Gasteiger partial charge in [-0.1, -0.05) is 0 Å². The van der Waals surface area contributed by atoms with Crippen molar-refractivity contribution in [1.29, 1.82) is 0 Å². The van der Waals surface area contributed by atoms with Gasteiger partial charge in [0.15, 0.2) is 0 Å². The van der Waals surface area contributed by atoms with Gasteiger partial charge < -0.3 is 10.4 Å². The number of hydrogen-bond donors (Lipinski definition) is 2. The second kappa shape index (κ2) is 3.82. The smallest absolute Gasteiger partial charge is 0.137 e. The first-order valence-corrected chi connectivity index (χ1v) is 6.03. The molecule has 0 amide bonds. The average Bonchev–Trinajstić information content (AvgIpc) is 3.19. The van der Waals surface area contributed by atoms with Crippen LogP contribution in [0.15, 0.2) is 12.7 Å². The number of aliphatic hydroxyl groups excluding tert-OH is 1. The predicted molar refractivity (Wildman–Crippen MR) is 58.7 cm³/mol. The van der Waals surface area contributed by atoms with E-state index in [0.29, 0.717) is 12.0 Å². The Morgan fingerprint density at radius 1 is 1.38 bits per heavy atom. The average molecular weight is 222 g/mol. The Labute approximate surface area is 94.9 Å². The highest BCUT2D eigenvalue weighted by Gasteiger charge is 2.47. The maximum absolute atomic E-state index is 9.74. The molecule has 0 saturated heterocycles. The summed E-state index contributed by atoms with van der Waals surface area (Å²) in [7, 11) is 0. The summed E-state index contributed by atoms with van der Waals surface area (Å²) in [6.45, 7) is 0.915. The van der Waals surface area contributed by atoms with E-state index in [1.165, 1.54) is 25.7 Å². The number of nitrogens with one attached hydrogen (secondary N) is 1. The zero-order valence-electron chi connectivity index (χ0n) is 9.34. The van der Waals surface area contributed by atoms with Crippen LogP contribution in [0.4, 0.5) is 0 Å². The number of nitrogens with zero attached hydrogens (tertiary/aromatic N) is 3. The summed E-state index contributed by atoms with van der Waals surface area (Å²) in [6, 6.07) is 0.608. The standard InChI is InChI=1S/C11H18N4O/c16-6-11(9-1-2-9,14-10-3-4-10)5-15-8-12-7-13-15/h7-10,14,16H,1-6H2. The number of aromatic nitrogens is 3. The molecule has 2 aliphatic carbocycles. The molecule has 88 valence electrons. The summed E-state index contributed by atoms with van der Waals surface area (Å²) in [4.78, 5) is 3.96. The molecule has 5 heteroatoms. The third kappa shape index (κ3) is 1.97. The molecule has 0 spiro atoms. The van der Waals surface area contributed by atoms with Crippen LogP contribution in [-0.4, -0.2) is 38.1 Å². The third-order valence-corrected chi connectivity index (χ3v) is 3.62. The van der Waals surface area contributed by atoms with Crippen LogP contribution in [0.5, 0.6) is 0 Å². The van der Waals surface area contributed by atoms with Gasteiger partial charge in [0.25, 0.3) is 0 Å². The molecule has 5 nitrogen and oxygen atoms in total. The summed E-state index contributed by atoms with van der Waals surface area (Å²) in [5.74, 6) is 0.599. The quantitative estimate of drug-likeness (QED) is 0.720. The minimum absolute atomic E-state index is 0.172. The van der Waals surface area contributed by atoms with Gasteiger partial charge in [0.05, 0.1) is 18.7 Å². The Bertz CT molecular complexity index is 345. The van der Waals surface area contributed by atoms with Crippen LogP contribution < -0.4 is 5.32 Å². The van der Waals surface area contributed by atoms with Crippen molar-refractivity contribution >= 4 is 0 Å². The zero-order valence-corrected chi connectivity index (χ0v) is 9.34. The van der Waals surface area contributed by atoms with E-state index in [0.717, 1.165) is 6.54 Å². The summed E-state index contributed by atoms with van der Waals surface area (Å²) in [6.07, 6.45) is 8.19. The molecule has 16 heavy (non-hydrogen) atoms. The van der Waals surface area contributed by atoms with E-state index in [-0.39, 0.29) is 12.1 Å². The minimum Gasteiger partial charge on any atom is -0.394 e. The maximum atomic E-state index is 9.74. The Kier molecular flexibility index (Phi) is 2.44. The van der Waals surface area contributed by atoms with Gasteiger partial charge in [-0.15, -0.1) is 0 Å². The van der Waals surface area contributed by atoms with Crippen molar-refractivity contribution in [2.24, 2.45) is 5.92 Å². The first-order valence-electron chi connectivity index (χ1n) is 6.03. The van der Waals surface area contributed by atoms with Gasteiger partial charge in [-0.2, -0.15) is 5.10 Å². The Hall–Kier alpha value is -0.940. The molecule has 1 atom stereocenters. The third-order valence-electron chi connectivity index (χ3n) is 3.62. The van der Waals surface area contributed by atoms with Crippen molar-refractivity contribution in [3.63, 3.8) is 0 Å². The van der Waals surface area contributed by atoms with Gasteiger partial charge in [0.2, 0.25) is 0 Å². The fraction of sp³-hybridized carbons (Fsp3) is 0.818. The van der Waals surface area contributed by atoms with Crippen LogP contribution in [-0.2, 0) is 6.54 Å². The van der Waals surface area contributed by atoms with E-state index in [9.17, 15) is 5.11 Å². The predicted octanol–water partition coefficient (Wildman–Crippen LogP) is 0.171. The molecule has 1 aromatic rings. The molecule has 3 rings (SSSR count). The van der Waals surface area contributed by atoms with E-state index in [1.807, 2.05) is 4.68 Å². The van der Waals surface area contributed by atoms with E-state index in [4.69, 9.17) is 0 Å². The van der Waals surface area contributed by atoms with Crippen LogP contribution in [0.2, 0.25) is 0 Å². The second-order valence-electron chi connectivity index (χ2n) is 5.10. The molecule has 0 radical (unpaired) electrons. The normalized spacial score (nSPS) is 24.3. The Morgan fingerprint density at radius 2 is 2.19 bits per heavy atom. The molecular formula is C11H18N4O. The maximum Gasteiger partial charge on any atom is 0.137 e. The first-order chi connectivity index (χ1) is 7.82. The molecule has 0 aliphatic heterocycles. The highest BCUT2D eigenvalue weighted by molar-refractivity contribution is 5.04. The fourth-order valence-electron chi connectivity index (χ4n) is 2.39. The van der Waals surface area contributed by atoms with Crippen molar-refractivity contribution in [3.05, 3.63) is 12.7 Å². The molecule has 2 fully saturated rings. The molecule has 1 unspecified atom stereocenters. The summed E-state index contributed by atoms with van der Waals surface area (Å²) in [5.41, 5.74) is -0.172. The van der Waals surface area contributed by atoms with Crippen molar-refractivity contribution in [3.8, 4) is 0 Å². The number of rotatable bonds is 6. The largest absolute Gasteiger partial charge is 0.394 e. The first kappa shape index (κ1) is 10.2. The van der Waals surface area contributed by atoms with E-state index >= 15 is 0 Å². The molecular weight excluding hydrogens is 204 g/mol. The molecule has 2 saturated carbocycles. The van der Waals surface area contributed by atoms with Gasteiger partial charge >= 0.3 is 0 Å². The van der Waals surface area contributed by atoms with Crippen molar-refractivity contribution in [1.82, 2.24) is 20.1 Å². The molecule has 0 bridgehead atoms. The molecule has 2 N–H and O–H groups in total. The summed E-state index contributed by atoms with van der Waals surface area (Å²) < 4.78 is 1.82. The summed E-state index contributed by atoms with van der Waals surface area (Å²) >= 11 is 0. The van der Waals surface area contributed by atoms with E-state index in [2.05, 4.69) is 15.4 Å². The van der Waals surface area contributed by atoms with E-state index < -0.39 is 0 Å². The van der Waals surface area contributed by atoms with Gasteiger partial charge in [0.1, 0.15) is 12.7 Å². The molecule has 0 aromatic carbocycles. The van der Waals surface area contributed by atoms with Crippen LogP contribution in [0, 0.1) is 5.92 Å². The SMILES string of the molecule is OCC(Cn1cncn1)(NC1CC1)C1CC1. The Morgan fingerprint density at radius 3 is 2.69 bits per heavy atom. The minimum atomic E-state index is -0.172. The zero-order chi connectivity index (χ0) is 11.0. The Balaban J connectivity index is 1.75. The molecule has 1 heterocycles. The highest BCUT2D eigenvalue weighted by atomic mass is 16.3. The monoisotopic (exact) mass is 222 g/mol. The van der Waals surface area contributed by atoms with Gasteiger partial charge in [0, 0.05) is 6.04 Å². The van der Waals surface area contributed by atoms with Crippen LogP contribution in [0.3, 0.4) is 0 Å². The number of aliphatic hydroxyl groups is 1. The van der Waals surface area contributed by atoms with E-state index in [1.54, 1.807) is 12.7 Å². The second-order valence-corrected chi connectivity index (χ2v) is 5.10. The lowest BCUT2D eigenvalue weighted by Gasteiger charge is -2.33. The molecule has 2 aliphatic rings. The lowest BCUT2D eigenvalue weighted by Crippen LogP contribution is -2.54. The van der Waals surface area contributed by atoms with Crippen LogP contribution in [0.25, 0.3) is 0 Å². The number of hydrogen-bond acceptors (Lipinski definition) is 4. The van der Waals surface area contributed by atoms with Gasteiger partial charge in [-0.05, 0) is 31.6 Å². The van der Waals surface area contributed by atoms with Crippen molar-refractivity contribution < 1.29 is 5.11 Å². The topological polar surface area (TPSA) is 63.0 Å². The summed E-state index contributed by atoms with van der Waals surface area (Å²) in [5, 5.41) is 17.5. The van der Waals surface area contributed by atoms with Gasteiger partial charge in [-0.3, -0.25) is 4.68 Å².